The number of carbonyl (C=O) groups excluding carboxylic acids is 4. The molecule has 0 saturated carbocycles. The van der Waals surface area contributed by atoms with Crippen LogP contribution in [0.5, 0.6) is 0 Å². The van der Waals surface area contributed by atoms with E-state index in [9.17, 15) is 34.2 Å². The lowest BCUT2D eigenvalue weighted by Gasteiger charge is -2.26. The van der Waals surface area contributed by atoms with Crippen molar-refractivity contribution < 1.29 is 34.2 Å². The summed E-state index contributed by atoms with van der Waals surface area (Å²) >= 11 is 1.40. The van der Waals surface area contributed by atoms with Crippen LogP contribution in [0.2, 0.25) is 0 Å². The Balaban J connectivity index is 5.34. The van der Waals surface area contributed by atoms with Gasteiger partial charge in [0.25, 0.3) is 0 Å². The molecular formula is C20H38N8O7S. The number of nitrogens with zero attached hydrogens (tertiary/aromatic N) is 1. The fourth-order valence-electron chi connectivity index (χ4n) is 2.89. The van der Waals surface area contributed by atoms with Gasteiger partial charge in [-0.3, -0.25) is 24.2 Å². The lowest BCUT2D eigenvalue weighted by molar-refractivity contribution is -0.142. The van der Waals surface area contributed by atoms with Gasteiger partial charge in [-0.25, -0.2) is 4.79 Å². The van der Waals surface area contributed by atoms with Gasteiger partial charge >= 0.3 is 5.97 Å². The van der Waals surface area contributed by atoms with E-state index in [0.29, 0.717) is 5.75 Å². The number of amides is 4. The van der Waals surface area contributed by atoms with Crippen molar-refractivity contribution in [2.75, 3.05) is 18.6 Å². The minimum Gasteiger partial charge on any atom is -0.480 e. The third-order valence-electron chi connectivity index (χ3n) is 4.90. The minimum atomic E-state index is -1.46. The van der Waals surface area contributed by atoms with E-state index in [0.717, 1.165) is 0 Å². The van der Waals surface area contributed by atoms with Crippen molar-refractivity contribution >= 4 is 47.3 Å². The Morgan fingerprint density at radius 2 is 1.53 bits per heavy atom. The first-order chi connectivity index (χ1) is 16.8. The van der Waals surface area contributed by atoms with Crippen LogP contribution >= 0.6 is 11.8 Å². The molecule has 0 aromatic heterocycles. The summed E-state index contributed by atoms with van der Waals surface area (Å²) in [4.78, 5) is 64.2. The number of aliphatic imine (C=N–C) groups is 1. The number of hydrogen-bond donors (Lipinski definition) is 9. The standard InChI is InChI=1S/C20H38N8O7S/c1-10(29)15(28-16(31)11(21)5-6-14(22)30)18(33)26-12(7-9-36-2)17(32)27-13(19(34)35)4-3-8-25-20(23)24/h10-13,15,29H,3-9,21H2,1-2H3,(H2,22,30)(H,26,33)(H,27,32)(H,28,31)(H,34,35)(H4,23,24,25). The first-order valence-electron chi connectivity index (χ1n) is 11.2. The van der Waals surface area contributed by atoms with E-state index < -0.39 is 59.9 Å². The van der Waals surface area contributed by atoms with Crippen molar-refractivity contribution in [3.63, 3.8) is 0 Å². The number of primary amides is 1. The van der Waals surface area contributed by atoms with Gasteiger partial charge in [0.2, 0.25) is 23.6 Å². The Morgan fingerprint density at radius 3 is 2.03 bits per heavy atom. The maximum absolute atomic E-state index is 12.8. The van der Waals surface area contributed by atoms with Gasteiger partial charge in [0.05, 0.1) is 12.1 Å². The Morgan fingerprint density at radius 1 is 0.917 bits per heavy atom. The summed E-state index contributed by atoms with van der Waals surface area (Å²) in [6, 6.07) is -5.02. The largest absolute Gasteiger partial charge is 0.480 e. The first-order valence-corrected chi connectivity index (χ1v) is 12.6. The lowest BCUT2D eigenvalue weighted by Crippen LogP contribution is -2.59. The highest BCUT2D eigenvalue weighted by molar-refractivity contribution is 7.98. The number of carboxylic acid groups (broad SMARTS) is 1. The van der Waals surface area contributed by atoms with Crippen LogP contribution in [0, 0.1) is 0 Å². The van der Waals surface area contributed by atoms with E-state index in [2.05, 4.69) is 20.9 Å². The Kier molecular flexibility index (Phi) is 15.8. The molecule has 0 heterocycles. The topological polar surface area (TPSA) is 278 Å². The summed E-state index contributed by atoms with van der Waals surface area (Å²) in [6.07, 6.45) is 0.690. The van der Waals surface area contributed by atoms with E-state index in [1.165, 1.54) is 18.7 Å². The third-order valence-corrected chi connectivity index (χ3v) is 5.55. The molecule has 0 aliphatic heterocycles. The Hall–Kier alpha value is -3.11. The van der Waals surface area contributed by atoms with Crippen molar-refractivity contribution in [2.45, 2.75) is 69.3 Å². The number of guanidine groups is 1. The van der Waals surface area contributed by atoms with Crippen LogP contribution in [0.3, 0.4) is 0 Å². The second kappa shape index (κ2) is 17.3. The predicted molar refractivity (Wildman–Crippen MR) is 134 cm³/mol. The van der Waals surface area contributed by atoms with Gasteiger partial charge < -0.3 is 49.1 Å². The minimum absolute atomic E-state index is 0.0383. The van der Waals surface area contributed by atoms with Gasteiger partial charge in [0.1, 0.15) is 18.1 Å². The zero-order chi connectivity index (χ0) is 27.8. The molecule has 15 nitrogen and oxygen atoms in total. The summed E-state index contributed by atoms with van der Waals surface area (Å²) in [6.45, 7) is 1.43. The zero-order valence-corrected chi connectivity index (χ0v) is 21.3. The van der Waals surface area contributed by atoms with Gasteiger partial charge in [0.15, 0.2) is 5.96 Å². The number of nitrogens with two attached hydrogens (primary N) is 4. The molecule has 0 aromatic rings. The van der Waals surface area contributed by atoms with Crippen molar-refractivity contribution in [1.82, 2.24) is 16.0 Å². The monoisotopic (exact) mass is 534 g/mol. The lowest BCUT2D eigenvalue weighted by atomic mass is 10.1. The molecule has 13 N–H and O–H groups in total. The number of rotatable bonds is 18. The molecule has 206 valence electrons. The Bertz CT molecular complexity index is 792. The van der Waals surface area contributed by atoms with E-state index in [1.807, 2.05) is 0 Å². The van der Waals surface area contributed by atoms with Crippen LogP contribution in [-0.4, -0.2) is 94.6 Å². The average Bonchev–Trinajstić information content (AvgIpc) is 2.79. The molecule has 0 spiro atoms. The number of aliphatic hydroxyl groups is 1. The quantitative estimate of drug-likeness (QED) is 0.0468. The van der Waals surface area contributed by atoms with Crippen LogP contribution in [0.1, 0.15) is 39.0 Å². The highest BCUT2D eigenvalue weighted by Crippen LogP contribution is 2.06. The number of aliphatic carboxylic acids is 1. The number of nitrogens with one attached hydrogen (secondary N) is 3. The molecular weight excluding hydrogens is 496 g/mol. The van der Waals surface area contributed by atoms with Gasteiger partial charge in [-0.2, -0.15) is 11.8 Å². The summed E-state index contributed by atoms with van der Waals surface area (Å²) in [5, 5.41) is 26.6. The molecule has 0 radical (unpaired) electrons. The number of aliphatic hydroxyl groups excluding tert-OH is 1. The van der Waals surface area contributed by atoms with E-state index in [-0.39, 0.29) is 44.6 Å². The Labute approximate surface area is 213 Å². The highest BCUT2D eigenvalue weighted by Gasteiger charge is 2.32. The fraction of sp³-hybridized carbons (Fsp3) is 0.700. The van der Waals surface area contributed by atoms with Gasteiger partial charge in [-0.15, -0.1) is 0 Å². The number of carboxylic acids is 1. The summed E-state index contributed by atoms with van der Waals surface area (Å²) in [5.41, 5.74) is 21.2. The molecule has 0 bridgehead atoms. The molecule has 5 unspecified atom stereocenters. The second-order valence-electron chi connectivity index (χ2n) is 8.03. The molecule has 0 aliphatic rings. The van der Waals surface area contributed by atoms with Crippen molar-refractivity contribution in [2.24, 2.45) is 27.9 Å². The molecule has 0 aliphatic carbocycles. The van der Waals surface area contributed by atoms with E-state index >= 15 is 0 Å². The van der Waals surface area contributed by atoms with Crippen LogP contribution in [0.25, 0.3) is 0 Å². The molecule has 0 fully saturated rings. The van der Waals surface area contributed by atoms with Crippen LogP contribution in [0.4, 0.5) is 0 Å². The normalized spacial score (nSPS) is 14.9. The fourth-order valence-corrected chi connectivity index (χ4v) is 3.37. The second-order valence-corrected chi connectivity index (χ2v) is 9.01. The van der Waals surface area contributed by atoms with Crippen LogP contribution in [-0.2, 0) is 24.0 Å². The summed E-state index contributed by atoms with van der Waals surface area (Å²) in [7, 11) is 0. The zero-order valence-electron chi connectivity index (χ0n) is 20.4. The maximum atomic E-state index is 12.8. The molecule has 4 amide bonds. The summed E-state index contributed by atoms with van der Waals surface area (Å²) in [5.74, 6) is -4.04. The van der Waals surface area contributed by atoms with Crippen molar-refractivity contribution in [1.29, 1.82) is 0 Å². The average molecular weight is 535 g/mol. The third kappa shape index (κ3) is 13.7. The molecule has 0 aromatic carbocycles. The van der Waals surface area contributed by atoms with Gasteiger partial charge in [0, 0.05) is 13.0 Å². The molecule has 0 rings (SSSR count). The van der Waals surface area contributed by atoms with Gasteiger partial charge in [-0.05, 0) is 44.6 Å². The van der Waals surface area contributed by atoms with Crippen molar-refractivity contribution in [3.8, 4) is 0 Å². The van der Waals surface area contributed by atoms with E-state index in [1.54, 1.807) is 6.26 Å². The smallest absolute Gasteiger partial charge is 0.326 e. The molecule has 16 heteroatoms. The number of hydrogen-bond acceptors (Lipinski definition) is 9. The van der Waals surface area contributed by atoms with E-state index in [4.69, 9.17) is 22.9 Å². The summed E-state index contributed by atoms with van der Waals surface area (Å²) < 4.78 is 0. The molecule has 36 heavy (non-hydrogen) atoms. The first kappa shape index (κ1) is 32.9. The van der Waals surface area contributed by atoms with Gasteiger partial charge in [-0.1, -0.05) is 0 Å². The molecule has 5 atom stereocenters. The number of thioether (sulfide) groups is 1. The highest BCUT2D eigenvalue weighted by atomic mass is 32.2. The predicted octanol–water partition coefficient (Wildman–Crippen LogP) is -3.69. The van der Waals surface area contributed by atoms with Crippen LogP contribution in [0.15, 0.2) is 4.99 Å². The van der Waals surface area contributed by atoms with Crippen LogP contribution < -0.4 is 38.9 Å². The SMILES string of the molecule is CSCCC(NC(=O)C(NC(=O)C(N)CCC(N)=O)C(C)O)C(=O)NC(CCCN=C(N)N)C(=O)O. The number of carbonyl (C=O) groups is 5. The maximum Gasteiger partial charge on any atom is 0.326 e. The molecule has 0 saturated heterocycles. The van der Waals surface area contributed by atoms with Crippen molar-refractivity contribution in [3.05, 3.63) is 0 Å².